The first-order valence-electron chi connectivity index (χ1n) is 6.00. The quantitative estimate of drug-likeness (QED) is 0.503. The summed E-state index contributed by atoms with van der Waals surface area (Å²) < 4.78 is 0.912. The summed E-state index contributed by atoms with van der Waals surface area (Å²) in [5.41, 5.74) is 7.03. The fourth-order valence-electron chi connectivity index (χ4n) is 1.82. The van der Waals surface area contributed by atoms with Crippen LogP contribution >= 0.6 is 15.9 Å². The third kappa shape index (κ3) is 3.38. The number of hydrogen-bond donors (Lipinski definition) is 2. The minimum absolute atomic E-state index is 0.0689. The van der Waals surface area contributed by atoms with Crippen molar-refractivity contribution in [2.45, 2.75) is 6.92 Å². The number of nitrogen functional groups attached to an aromatic ring is 1. The van der Waals surface area contributed by atoms with Crippen molar-refractivity contribution in [1.82, 2.24) is 0 Å². The predicted molar refractivity (Wildman–Crippen MR) is 84.3 cm³/mol. The van der Waals surface area contributed by atoms with Gasteiger partial charge in [0.2, 0.25) is 0 Å². The van der Waals surface area contributed by atoms with Crippen LogP contribution in [0.2, 0.25) is 0 Å². The molecule has 0 heterocycles. The van der Waals surface area contributed by atoms with Gasteiger partial charge in [-0.3, -0.25) is 14.9 Å². The number of hydrogen-bond acceptors (Lipinski definition) is 4. The summed E-state index contributed by atoms with van der Waals surface area (Å²) in [6.45, 7) is 1.88. The summed E-state index contributed by atoms with van der Waals surface area (Å²) in [6, 6.07) is 9.15. The number of halogens is 1. The van der Waals surface area contributed by atoms with Gasteiger partial charge in [-0.1, -0.05) is 15.9 Å². The maximum Gasteiger partial charge on any atom is 0.282 e. The topological polar surface area (TPSA) is 98.3 Å². The van der Waals surface area contributed by atoms with Crippen molar-refractivity contribution in [3.05, 3.63) is 62.1 Å². The van der Waals surface area contributed by atoms with E-state index in [1.807, 2.05) is 6.92 Å². The lowest BCUT2D eigenvalue weighted by Gasteiger charge is -2.08. The van der Waals surface area contributed by atoms with Crippen LogP contribution in [0, 0.1) is 17.0 Å². The van der Waals surface area contributed by atoms with Crippen LogP contribution in [0.5, 0.6) is 0 Å². The molecule has 6 nitrogen and oxygen atoms in total. The molecular formula is C14H12BrN3O3. The molecule has 1 amide bonds. The van der Waals surface area contributed by atoms with Crippen molar-refractivity contribution in [3.63, 3.8) is 0 Å². The first kappa shape index (κ1) is 15.0. The van der Waals surface area contributed by atoms with Crippen LogP contribution in [-0.4, -0.2) is 10.8 Å². The number of aryl methyl sites for hydroxylation is 1. The van der Waals surface area contributed by atoms with Gasteiger partial charge in [0.05, 0.1) is 4.92 Å². The van der Waals surface area contributed by atoms with Crippen molar-refractivity contribution >= 4 is 38.9 Å². The fraction of sp³-hybridized carbons (Fsp3) is 0.0714. The van der Waals surface area contributed by atoms with E-state index in [1.54, 1.807) is 18.2 Å². The second kappa shape index (κ2) is 5.92. The van der Waals surface area contributed by atoms with Crippen LogP contribution < -0.4 is 11.1 Å². The molecule has 0 saturated heterocycles. The predicted octanol–water partition coefficient (Wildman–Crippen LogP) is 3.50. The van der Waals surface area contributed by atoms with Crippen molar-refractivity contribution in [2.24, 2.45) is 0 Å². The van der Waals surface area contributed by atoms with E-state index >= 15 is 0 Å². The molecule has 0 spiro atoms. The monoisotopic (exact) mass is 349 g/mol. The number of benzene rings is 2. The number of nitro groups is 1. The summed E-state index contributed by atoms with van der Waals surface area (Å²) in [5, 5.41) is 13.6. The van der Waals surface area contributed by atoms with Crippen molar-refractivity contribution < 1.29 is 9.72 Å². The van der Waals surface area contributed by atoms with Gasteiger partial charge in [-0.2, -0.15) is 0 Å². The van der Waals surface area contributed by atoms with E-state index in [2.05, 4.69) is 21.2 Å². The zero-order chi connectivity index (χ0) is 15.6. The van der Waals surface area contributed by atoms with Crippen LogP contribution in [0.3, 0.4) is 0 Å². The van der Waals surface area contributed by atoms with Gasteiger partial charge in [-0.15, -0.1) is 0 Å². The summed E-state index contributed by atoms with van der Waals surface area (Å²) in [4.78, 5) is 22.6. The molecule has 0 fully saturated rings. The largest absolute Gasteiger partial charge is 0.399 e. The molecule has 7 heteroatoms. The van der Waals surface area contributed by atoms with Gasteiger partial charge < -0.3 is 11.1 Å². The number of rotatable bonds is 3. The Balaban J connectivity index is 2.34. The van der Waals surface area contributed by atoms with E-state index in [-0.39, 0.29) is 16.9 Å². The molecule has 0 aliphatic heterocycles. The summed E-state index contributed by atoms with van der Waals surface area (Å²) in [5.74, 6) is -0.573. The third-order valence-electron chi connectivity index (χ3n) is 2.88. The number of nitrogens with two attached hydrogens (primary N) is 1. The van der Waals surface area contributed by atoms with Gasteiger partial charge in [-0.05, 0) is 42.8 Å². The lowest BCUT2D eigenvalue weighted by atomic mass is 10.1. The zero-order valence-electron chi connectivity index (χ0n) is 11.1. The fourth-order valence-corrected chi connectivity index (χ4v) is 2.06. The van der Waals surface area contributed by atoms with Crippen LogP contribution in [0.25, 0.3) is 0 Å². The smallest absolute Gasteiger partial charge is 0.282 e. The Hall–Kier alpha value is -2.41. The van der Waals surface area contributed by atoms with Gasteiger partial charge in [0.25, 0.3) is 11.6 Å². The Morgan fingerprint density at radius 2 is 2.00 bits per heavy atom. The molecule has 0 aromatic heterocycles. The average Bonchev–Trinajstić information content (AvgIpc) is 2.42. The molecule has 3 N–H and O–H groups in total. The Morgan fingerprint density at radius 3 is 2.62 bits per heavy atom. The Kier molecular flexibility index (Phi) is 4.23. The van der Waals surface area contributed by atoms with Gasteiger partial charge in [0.15, 0.2) is 0 Å². The normalized spacial score (nSPS) is 10.2. The van der Waals surface area contributed by atoms with E-state index in [0.29, 0.717) is 5.69 Å². The number of amides is 1. The minimum Gasteiger partial charge on any atom is -0.399 e. The number of carbonyl (C=O) groups excluding carboxylic acids is 1. The lowest BCUT2D eigenvalue weighted by Crippen LogP contribution is -2.14. The maximum atomic E-state index is 12.2. The SMILES string of the molecule is Cc1cc(NC(=O)c2cc(N)ccc2[N+](=O)[O-])ccc1Br. The van der Waals surface area contributed by atoms with Gasteiger partial charge in [0.1, 0.15) is 5.56 Å². The molecule has 2 aromatic carbocycles. The molecule has 0 aliphatic rings. The van der Waals surface area contributed by atoms with E-state index in [0.717, 1.165) is 10.0 Å². The number of anilines is 2. The molecule has 108 valence electrons. The molecule has 0 saturated carbocycles. The van der Waals surface area contributed by atoms with Crippen molar-refractivity contribution in [3.8, 4) is 0 Å². The van der Waals surface area contributed by atoms with Crippen LogP contribution in [0.1, 0.15) is 15.9 Å². The highest BCUT2D eigenvalue weighted by atomic mass is 79.9. The Labute approximate surface area is 129 Å². The molecule has 0 atom stereocenters. The maximum absolute atomic E-state index is 12.2. The Bertz CT molecular complexity index is 731. The molecule has 0 bridgehead atoms. The highest BCUT2D eigenvalue weighted by Gasteiger charge is 2.20. The van der Waals surface area contributed by atoms with E-state index in [1.165, 1.54) is 18.2 Å². The molecule has 21 heavy (non-hydrogen) atoms. The number of nitro benzene ring substituents is 1. The molecular weight excluding hydrogens is 338 g/mol. The van der Waals surface area contributed by atoms with E-state index in [9.17, 15) is 14.9 Å². The summed E-state index contributed by atoms with van der Waals surface area (Å²) >= 11 is 3.36. The number of carbonyl (C=O) groups is 1. The number of nitrogens with one attached hydrogen (secondary N) is 1. The zero-order valence-corrected chi connectivity index (χ0v) is 12.7. The first-order valence-corrected chi connectivity index (χ1v) is 6.79. The molecule has 0 radical (unpaired) electrons. The van der Waals surface area contributed by atoms with Crippen molar-refractivity contribution in [2.75, 3.05) is 11.1 Å². The van der Waals surface area contributed by atoms with E-state index in [4.69, 9.17) is 5.73 Å². The van der Waals surface area contributed by atoms with Gasteiger partial charge in [0, 0.05) is 21.9 Å². The van der Waals surface area contributed by atoms with Crippen LogP contribution in [0.15, 0.2) is 40.9 Å². The standard InChI is InChI=1S/C14H12BrN3O3/c1-8-6-10(3-4-12(8)15)17-14(19)11-7-9(16)2-5-13(11)18(20)21/h2-7H,16H2,1H3,(H,17,19). The summed E-state index contributed by atoms with van der Waals surface area (Å²) in [7, 11) is 0. The Morgan fingerprint density at radius 1 is 1.29 bits per heavy atom. The highest BCUT2D eigenvalue weighted by molar-refractivity contribution is 9.10. The molecule has 2 aromatic rings. The van der Waals surface area contributed by atoms with Crippen molar-refractivity contribution in [1.29, 1.82) is 0 Å². The van der Waals surface area contributed by atoms with E-state index < -0.39 is 10.8 Å². The third-order valence-corrected chi connectivity index (χ3v) is 3.77. The molecule has 2 rings (SSSR count). The van der Waals surface area contributed by atoms with Gasteiger partial charge >= 0.3 is 0 Å². The lowest BCUT2D eigenvalue weighted by molar-refractivity contribution is -0.385. The van der Waals surface area contributed by atoms with Gasteiger partial charge in [-0.25, -0.2) is 0 Å². The average molecular weight is 350 g/mol. The highest BCUT2D eigenvalue weighted by Crippen LogP contribution is 2.24. The molecule has 0 unspecified atom stereocenters. The van der Waals surface area contributed by atoms with Crippen LogP contribution in [-0.2, 0) is 0 Å². The number of nitrogens with zero attached hydrogens (tertiary/aromatic N) is 1. The first-order chi connectivity index (χ1) is 9.88. The summed E-state index contributed by atoms with van der Waals surface area (Å²) in [6.07, 6.45) is 0. The molecule has 0 aliphatic carbocycles. The van der Waals surface area contributed by atoms with Crippen LogP contribution in [0.4, 0.5) is 17.1 Å². The second-order valence-corrected chi connectivity index (χ2v) is 5.31. The minimum atomic E-state index is -0.610. The second-order valence-electron chi connectivity index (χ2n) is 4.45.